The maximum absolute atomic E-state index is 12.4. The molecule has 5 nitrogen and oxygen atoms in total. The maximum Gasteiger partial charge on any atom is 0.254 e. The number of hydrogen-bond acceptors (Lipinski definition) is 3. The van der Waals surface area contributed by atoms with Gasteiger partial charge in [-0.1, -0.05) is 0 Å². The summed E-state index contributed by atoms with van der Waals surface area (Å²) in [4.78, 5) is 14.1. The van der Waals surface area contributed by atoms with E-state index in [1.54, 1.807) is 22.8 Å². The lowest BCUT2D eigenvalue weighted by Gasteiger charge is -2.16. The lowest BCUT2D eigenvalue weighted by Crippen LogP contribution is -2.25. The van der Waals surface area contributed by atoms with Crippen LogP contribution >= 0.6 is 0 Å². The first-order chi connectivity index (χ1) is 10.6. The van der Waals surface area contributed by atoms with Crippen LogP contribution in [0.1, 0.15) is 21.9 Å². The molecule has 0 radical (unpaired) electrons. The third kappa shape index (κ3) is 2.93. The van der Waals surface area contributed by atoms with Gasteiger partial charge >= 0.3 is 0 Å². The van der Waals surface area contributed by atoms with Gasteiger partial charge in [-0.3, -0.25) is 4.79 Å². The number of nitrogens with zero attached hydrogens (tertiary/aromatic N) is 3. The minimum absolute atomic E-state index is 0.0407. The van der Waals surface area contributed by atoms with E-state index in [9.17, 15) is 4.79 Å². The fourth-order valence-electron chi connectivity index (χ4n) is 2.27. The molecule has 0 spiro atoms. The molecule has 2 heterocycles. The quantitative estimate of drug-likeness (QED) is 0.743. The van der Waals surface area contributed by atoms with Crippen LogP contribution in [0.2, 0.25) is 0 Å². The smallest absolute Gasteiger partial charge is 0.254 e. The number of furan rings is 1. The third-order valence-electron chi connectivity index (χ3n) is 3.42. The van der Waals surface area contributed by atoms with E-state index >= 15 is 0 Å². The Morgan fingerprint density at radius 2 is 2.00 bits per heavy atom. The topological polar surface area (TPSA) is 51.3 Å². The van der Waals surface area contributed by atoms with Crippen LogP contribution in [0.15, 0.2) is 59.3 Å². The normalized spacial score (nSPS) is 10.6. The Balaban J connectivity index is 1.71. The Morgan fingerprint density at radius 1 is 1.23 bits per heavy atom. The summed E-state index contributed by atoms with van der Waals surface area (Å²) in [5, 5.41) is 4.16. The van der Waals surface area contributed by atoms with Crippen molar-refractivity contribution in [3.63, 3.8) is 0 Å². The fraction of sp³-hybridized carbons (Fsp3) is 0.176. The second kappa shape index (κ2) is 5.89. The molecule has 2 aromatic heterocycles. The number of carbonyl (C=O) groups is 1. The predicted octanol–water partition coefficient (Wildman–Crippen LogP) is 3.05. The molecule has 0 aliphatic rings. The molecule has 22 heavy (non-hydrogen) atoms. The monoisotopic (exact) mass is 295 g/mol. The van der Waals surface area contributed by atoms with Crippen LogP contribution in [0.4, 0.5) is 0 Å². The number of aromatic nitrogens is 2. The number of carbonyl (C=O) groups excluding carboxylic acids is 1. The Hall–Kier alpha value is -2.82. The van der Waals surface area contributed by atoms with Crippen molar-refractivity contribution in [2.45, 2.75) is 13.5 Å². The van der Waals surface area contributed by atoms with Crippen molar-refractivity contribution >= 4 is 5.91 Å². The van der Waals surface area contributed by atoms with E-state index < -0.39 is 0 Å². The van der Waals surface area contributed by atoms with E-state index in [4.69, 9.17) is 4.42 Å². The molecule has 0 unspecified atom stereocenters. The van der Waals surface area contributed by atoms with Crippen LogP contribution in [0.25, 0.3) is 5.69 Å². The van der Waals surface area contributed by atoms with Gasteiger partial charge in [0.25, 0.3) is 5.91 Å². The highest BCUT2D eigenvalue weighted by Crippen LogP contribution is 2.13. The summed E-state index contributed by atoms with van der Waals surface area (Å²) < 4.78 is 7.26. The zero-order valence-electron chi connectivity index (χ0n) is 12.6. The first-order valence-electron chi connectivity index (χ1n) is 7.04. The first-order valence-corrected chi connectivity index (χ1v) is 7.04. The van der Waals surface area contributed by atoms with Crippen LogP contribution in [0.5, 0.6) is 0 Å². The molecule has 5 heteroatoms. The summed E-state index contributed by atoms with van der Waals surface area (Å²) in [6.45, 7) is 2.34. The molecule has 3 rings (SSSR count). The van der Waals surface area contributed by atoms with Crippen molar-refractivity contribution in [2.75, 3.05) is 7.05 Å². The highest BCUT2D eigenvalue weighted by molar-refractivity contribution is 5.94. The number of amides is 1. The van der Waals surface area contributed by atoms with Gasteiger partial charge in [-0.15, -0.1) is 0 Å². The van der Waals surface area contributed by atoms with Crippen LogP contribution in [0, 0.1) is 6.92 Å². The van der Waals surface area contributed by atoms with Crippen LogP contribution < -0.4 is 0 Å². The van der Waals surface area contributed by atoms with Crippen molar-refractivity contribution < 1.29 is 9.21 Å². The molecular formula is C17H17N3O2. The van der Waals surface area contributed by atoms with Crippen molar-refractivity contribution in [3.8, 4) is 5.69 Å². The van der Waals surface area contributed by atoms with E-state index in [1.807, 2.05) is 55.6 Å². The van der Waals surface area contributed by atoms with Gasteiger partial charge in [0.2, 0.25) is 0 Å². The third-order valence-corrected chi connectivity index (χ3v) is 3.42. The molecule has 112 valence electrons. The molecule has 3 aromatic rings. The highest BCUT2D eigenvalue weighted by Gasteiger charge is 2.13. The van der Waals surface area contributed by atoms with Crippen molar-refractivity contribution in [2.24, 2.45) is 0 Å². The molecule has 0 atom stereocenters. The summed E-state index contributed by atoms with van der Waals surface area (Å²) in [7, 11) is 1.77. The molecule has 0 saturated heterocycles. The highest BCUT2D eigenvalue weighted by atomic mass is 16.3. The predicted molar refractivity (Wildman–Crippen MR) is 82.8 cm³/mol. The van der Waals surface area contributed by atoms with E-state index in [0.717, 1.165) is 17.2 Å². The van der Waals surface area contributed by atoms with Crippen molar-refractivity contribution in [1.29, 1.82) is 0 Å². The summed E-state index contributed by atoms with van der Waals surface area (Å²) in [5.74, 6) is 1.59. The number of hydrogen-bond donors (Lipinski definition) is 0. The minimum atomic E-state index is -0.0407. The van der Waals surface area contributed by atoms with Crippen LogP contribution in [-0.4, -0.2) is 27.6 Å². The SMILES string of the molecule is Cc1ccc(CN(C)C(=O)c2ccc(-n3cccn3)cc2)o1. The average molecular weight is 295 g/mol. The second-order valence-electron chi connectivity index (χ2n) is 5.17. The van der Waals surface area contributed by atoms with E-state index in [-0.39, 0.29) is 5.91 Å². The van der Waals surface area contributed by atoms with Gasteiger partial charge in [-0.05, 0) is 49.4 Å². The molecule has 1 amide bonds. The lowest BCUT2D eigenvalue weighted by atomic mass is 10.2. The standard InChI is InChI=1S/C17H17N3O2/c1-13-4-9-16(22-13)12-19(2)17(21)14-5-7-15(8-6-14)20-11-3-10-18-20/h3-11H,12H2,1-2H3. The minimum Gasteiger partial charge on any atom is -0.464 e. The summed E-state index contributed by atoms with van der Waals surface area (Å²) in [6, 6.07) is 13.0. The fourth-order valence-corrected chi connectivity index (χ4v) is 2.27. The molecule has 0 N–H and O–H groups in total. The molecule has 0 saturated carbocycles. The van der Waals surface area contributed by atoms with Gasteiger partial charge in [0, 0.05) is 25.0 Å². The van der Waals surface area contributed by atoms with Gasteiger partial charge in [0.1, 0.15) is 11.5 Å². The van der Waals surface area contributed by atoms with Crippen molar-refractivity contribution in [3.05, 3.63) is 71.9 Å². The van der Waals surface area contributed by atoms with Crippen LogP contribution in [-0.2, 0) is 6.54 Å². The lowest BCUT2D eigenvalue weighted by molar-refractivity contribution is 0.0775. The van der Waals surface area contributed by atoms with Crippen molar-refractivity contribution in [1.82, 2.24) is 14.7 Å². The Bertz CT molecular complexity index is 758. The summed E-state index contributed by atoms with van der Waals surface area (Å²) in [5.41, 5.74) is 1.56. The molecule has 0 aliphatic carbocycles. The molecule has 0 fully saturated rings. The Kier molecular flexibility index (Phi) is 3.78. The molecule has 0 bridgehead atoms. The van der Waals surface area contributed by atoms with Gasteiger partial charge in [-0.25, -0.2) is 4.68 Å². The van der Waals surface area contributed by atoms with Gasteiger partial charge in [-0.2, -0.15) is 5.10 Å². The first kappa shape index (κ1) is 14.1. The zero-order chi connectivity index (χ0) is 15.5. The summed E-state index contributed by atoms with van der Waals surface area (Å²) in [6.07, 6.45) is 3.58. The van der Waals surface area contributed by atoms with Gasteiger partial charge in [0.05, 0.1) is 12.2 Å². The van der Waals surface area contributed by atoms with E-state index in [0.29, 0.717) is 12.1 Å². The second-order valence-corrected chi connectivity index (χ2v) is 5.17. The zero-order valence-corrected chi connectivity index (χ0v) is 12.6. The molecular weight excluding hydrogens is 278 g/mol. The Morgan fingerprint density at radius 3 is 2.59 bits per heavy atom. The number of aryl methyl sites for hydroxylation is 1. The van der Waals surface area contributed by atoms with Gasteiger partial charge in [0.15, 0.2) is 0 Å². The maximum atomic E-state index is 12.4. The van der Waals surface area contributed by atoms with E-state index in [1.165, 1.54) is 0 Å². The van der Waals surface area contributed by atoms with Crippen LogP contribution in [0.3, 0.4) is 0 Å². The Labute approximate surface area is 128 Å². The van der Waals surface area contributed by atoms with E-state index in [2.05, 4.69) is 5.10 Å². The van der Waals surface area contributed by atoms with Gasteiger partial charge < -0.3 is 9.32 Å². The number of rotatable bonds is 4. The number of benzene rings is 1. The largest absolute Gasteiger partial charge is 0.464 e. The average Bonchev–Trinajstić information content (AvgIpc) is 3.18. The molecule has 0 aliphatic heterocycles. The molecule has 1 aromatic carbocycles. The summed E-state index contributed by atoms with van der Waals surface area (Å²) >= 11 is 0.